The Hall–Kier alpha value is -2.46. The average Bonchev–Trinajstić information content (AvgIpc) is 2.83. The standard InChI is InChI=1S/C25H27BrFNO5S/c1-17(25(29)23-13-8-20(26)14-24(23)27)34(30,31)28(15-18-4-9-21(32-2)10-5-18)16-19-6-11-22(33-3)12-7-19/h4-14,17,25,29H,15-16H2,1-3H3/t17-,25-/m0/s1. The molecule has 0 aliphatic carbocycles. The third-order valence-electron chi connectivity index (χ3n) is 5.59. The van der Waals surface area contributed by atoms with Crippen molar-refractivity contribution in [2.45, 2.75) is 31.4 Å². The fourth-order valence-corrected chi connectivity index (χ4v) is 5.43. The van der Waals surface area contributed by atoms with E-state index in [0.29, 0.717) is 16.0 Å². The van der Waals surface area contributed by atoms with Crippen molar-refractivity contribution >= 4 is 26.0 Å². The Morgan fingerprint density at radius 3 is 1.79 bits per heavy atom. The number of hydrogen-bond donors (Lipinski definition) is 1. The third kappa shape index (κ3) is 6.15. The van der Waals surface area contributed by atoms with E-state index in [0.717, 1.165) is 11.1 Å². The second-order valence-corrected chi connectivity index (χ2v) is 11.0. The van der Waals surface area contributed by atoms with E-state index < -0.39 is 27.2 Å². The molecule has 34 heavy (non-hydrogen) atoms. The van der Waals surface area contributed by atoms with Crippen LogP contribution in [-0.4, -0.2) is 37.3 Å². The molecule has 2 atom stereocenters. The van der Waals surface area contributed by atoms with Crippen LogP contribution in [0.4, 0.5) is 4.39 Å². The molecular formula is C25H27BrFNO5S. The van der Waals surface area contributed by atoms with Crippen LogP contribution < -0.4 is 9.47 Å². The van der Waals surface area contributed by atoms with Gasteiger partial charge in [-0.25, -0.2) is 12.8 Å². The van der Waals surface area contributed by atoms with Gasteiger partial charge >= 0.3 is 0 Å². The Kier molecular flexibility index (Phi) is 8.70. The van der Waals surface area contributed by atoms with E-state index in [-0.39, 0.29) is 18.7 Å². The fraction of sp³-hybridized carbons (Fsp3) is 0.280. The van der Waals surface area contributed by atoms with Crippen molar-refractivity contribution in [3.63, 3.8) is 0 Å². The Balaban J connectivity index is 1.93. The largest absolute Gasteiger partial charge is 0.497 e. The maximum Gasteiger partial charge on any atom is 0.220 e. The van der Waals surface area contributed by atoms with Crippen molar-refractivity contribution < 1.29 is 27.4 Å². The van der Waals surface area contributed by atoms with Gasteiger partial charge in [0, 0.05) is 23.1 Å². The number of rotatable bonds is 10. The molecule has 182 valence electrons. The van der Waals surface area contributed by atoms with Crippen molar-refractivity contribution in [3.8, 4) is 11.5 Å². The summed E-state index contributed by atoms with van der Waals surface area (Å²) >= 11 is 3.17. The van der Waals surface area contributed by atoms with Gasteiger partial charge in [-0.15, -0.1) is 0 Å². The van der Waals surface area contributed by atoms with E-state index in [1.54, 1.807) is 68.8 Å². The molecule has 0 unspecified atom stereocenters. The van der Waals surface area contributed by atoms with E-state index >= 15 is 0 Å². The van der Waals surface area contributed by atoms with E-state index in [1.165, 1.54) is 23.4 Å². The number of ether oxygens (including phenoxy) is 2. The summed E-state index contributed by atoms with van der Waals surface area (Å²) in [6.07, 6.45) is -1.55. The number of aliphatic hydroxyl groups is 1. The van der Waals surface area contributed by atoms with Crippen LogP contribution in [0.25, 0.3) is 0 Å². The Bertz CT molecular complexity index is 1150. The average molecular weight is 552 g/mol. The molecule has 6 nitrogen and oxygen atoms in total. The maximum absolute atomic E-state index is 14.5. The zero-order valence-corrected chi connectivity index (χ0v) is 21.5. The molecule has 0 aliphatic rings. The fourth-order valence-electron chi connectivity index (χ4n) is 3.50. The van der Waals surface area contributed by atoms with Crippen LogP contribution in [0.2, 0.25) is 0 Å². The molecule has 0 fully saturated rings. The highest BCUT2D eigenvalue weighted by Gasteiger charge is 2.35. The Morgan fingerprint density at radius 1 is 0.912 bits per heavy atom. The molecule has 0 saturated heterocycles. The van der Waals surface area contributed by atoms with Crippen LogP contribution in [0.5, 0.6) is 11.5 Å². The zero-order chi connectivity index (χ0) is 24.9. The number of halogens is 2. The molecule has 0 radical (unpaired) electrons. The van der Waals surface area contributed by atoms with Crippen LogP contribution in [0.3, 0.4) is 0 Å². The predicted octanol–water partition coefficient (Wildman–Crippen LogP) is 5.06. The summed E-state index contributed by atoms with van der Waals surface area (Å²) in [4.78, 5) is 0. The third-order valence-corrected chi connectivity index (χ3v) is 8.26. The van der Waals surface area contributed by atoms with Gasteiger partial charge in [-0.1, -0.05) is 46.3 Å². The lowest BCUT2D eigenvalue weighted by atomic mass is 10.1. The summed E-state index contributed by atoms with van der Waals surface area (Å²) in [6.45, 7) is 1.52. The molecule has 0 aromatic heterocycles. The van der Waals surface area contributed by atoms with E-state index in [9.17, 15) is 17.9 Å². The molecule has 3 aromatic rings. The van der Waals surface area contributed by atoms with E-state index in [1.807, 2.05) is 0 Å². The van der Waals surface area contributed by atoms with Gasteiger partial charge in [-0.05, 0) is 54.4 Å². The molecule has 0 aliphatic heterocycles. The Labute approximate surface area is 208 Å². The van der Waals surface area contributed by atoms with Gasteiger partial charge in [0.25, 0.3) is 0 Å². The van der Waals surface area contributed by atoms with Crippen molar-refractivity contribution in [1.82, 2.24) is 4.31 Å². The first kappa shape index (κ1) is 26.2. The second kappa shape index (κ2) is 11.3. The molecule has 0 bridgehead atoms. The molecule has 0 saturated carbocycles. The lowest BCUT2D eigenvalue weighted by Gasteiger charge is -2.29. The number of sulfonamides is 1. The number of benzene rings is 3. The van der Waals surface area contributed by atoms with Gasteiger partial charge in [-0.3, -0.25) is 0 Å². The molecule has 0 spiro atoms. The normalized spacial score (nSPS) is 13.5. The van der Waals surface area contributed by atoms with Crippen LogP contribution in [-0.2, 0) is 23.1 Å². The second-order valence-electron chi connectivity index (χ2n) is 7.82. The quantitative estimate of drug-likeness (QED) is 0.381. The Morgan fingerprint density at radius 2 is 1.38 bits per heavy atom. The van der Waals surface area contributed by atoms with Gasteiger partial charge in [0.2, 0.25) is 10.0 Å². The molecule has 1 N–H and O–H groups in total. The number of nitrogens with zero attached hydrogens (tertiary/aromatic N) is 1. The highest BCUT2D eigenvalue weighted by molar-refractivity contribution is 9.10. The van der Waals surface area contributed by atoms with Crippen LogP contribution in [0.15, 0.2) is 71.2 Å². The van der Waals surface area contributed by atoms with Crippen molar-refractivity contribution in [1.29, 1.82) is 0 Å². The lowest BCUT2D eigenvalue weighted by Crippen LogP contribution is -2.39. The maximum atomic E-state index is 14.5. The monoisotopic (exact) mass is 551 g/mol. The van der Waals surface area contributed by atoms with Gasteiger partial charge in [-0.2, -0.15) is 4.31 Å². The minimum Gasteiger partial charge on any atom is -0.497 e. The van der Waals surface area contributed by atoms with Gasteiger partial charge in [0.1, 0.15) is 22.6 Å². The smallest absolute Gasteiger partial charge is 0.220 e. The first-order valence-electron chi connectivity index (χ1n) is 10.5. The predicted molar refractivity (Wildman–Crippen MR) is 133 cm³/mol. The van der Waals surface area contributed by atoms with Crippen LogP contribution in [0, 0.1) is 5.82 Å². The number of methoxy groups -OCH3 is 2. The molecule has 3 aromatic carbocycles. The summed E-state index contributed by atoms with van der Waals surface area (Å²) < 4.78 is 53.9. The number of aliphatic hydroxyl groups excluding tert-OH is 1. The first-order valence-corrected chi connectivity index (χ1v) is 12.8. The summed E-state index contributed by atoms with van der Waals surface area (Å²) in [7, 11) is -0.950. The molecular weight excluding hydrogens is 525 g/mol. The topological polar surface area (TPSA) is 76.1 Å². The van der Waals surface area contributed by atoms with Crippen molar-refractivity contribution in [2.24, 2.45) is 0 Å². The molecule has 9 heteroatoms. The van der Waals surface area contributed by atoms with Gasteiger partial charge < -0.3 is 14.6 Å². The summed E-state index contributed by atoms with van der Waals surface area (Å²) in [5, 5.41) is 9.53. The summed E-state index contributed by atoms with van der Waals surface area (Å²) in [5.41, 5.74) is 1.41. The van der Waals surface area contributed by atoms with E-state index in [4.69, 9.17) is 9.47 Å². The molecule has 3 rings (SSSR count). The van der Waals surface area contributed by atoms with E-state index in [2.05, 4.69) is 15.9 Å². The minimum absolute atomic E-state index is 0.0677. The highest BCUT2D eigenvalue weighted by Crippen LogP contribution is 2.30. The van der Waals surface area contributed by atoms with Crippen LogP contribution >= 0.6 is 15.9 Å². The first-order chi connectivity index (χ1) is 16.1. The summed E-state index contributed by atoms with van der Waals surface area (Å²) in [5.74, 6) is 0.631. The molecule has 0 heterocycles. The van der Waals surface area contributed by atoms with Gasteiger partial charge in [0.15, 0.2) is 0 Å². The van der Waals surface area contributed by atoms with Crippen LogP contribution in [0.1, 0.15) is 29.7 Å². The highest BCUT2D eigenvalue weighted by atomic mass is 79.9. The SMILES string of the molecule is COc1ccc(CN(Cc2ccc(OC)cc2)S(=O)(=O)[C@@H](C)[C@H](O)c2ccc(Br)cc2F)cc1. The summed E-state index contributed by atoms with van der Waals surface area (Å²) in [6, 6.07) is 18.3. The molecule has 0 amide bonds. The van der Waals surface area contributed by atoms with Crippen molar-refractivity contribution in [3.05, 3.63) is 93.7 Å². The van der Waals surface area contributed by atoms with Crippen molar-refractivity contribution in [2.75, 3.05) is 14.2 Å². The lowest BCUT2D eigenvalue weighted by molar-refractivity contribution is 0.167. The minimum atomic E-state index is -4.06. The zero-order valence-electron chi connectivity index (χ0n) is 19.1. The van der Waals surface area contributed by atoms with Gasteiger partial charge in [0.05, 0.1) is 20.3 Å². The number of hydrogen-bond acceptors (Lipinski definition) is 5.